The normalized spacial score (nSPS) is 12.5. The molecule has 0 saturated carbocycles. The second-order valence-electron chi connectivity index (χ2n) is 22.0. The van der Waals surface area contributed by atoms with Gasteiger partial charge in [0.05, 0.1) is 37.8 Å². The molecule has 8 bridgehead atoms. The number of nitrogens with two attached hydrogens (primary N) is 6. The van der Waals surface area contributed by atoms with E-state index in [9.17, 15) is 0 Å². The molecule has 4 aromatic rings. The van der Waals surface area contributed by atoms with Crippen molar-refractivity contribution < 1.29 is 40.4 Å². The number of rotatable bonds is 36. The molecule has 0 unspecified atom stereocenters. The van der Waals surface area contributed by atoms with Crippen molar-refractivity contribution >= 4 is 46.6 Å². The average molecular weight is 1110 g/mol. The lowest BCUT2D eigenvalue weighted by molar-refractivity contribution is -0.427. The van der Waals surface area contributed by atoms with Crippen LogP contribution < -0.4 is 74.8 Å². The zero-order valence-corrected chi connectivity index (χ0v) is 49.7. The van der Waals surface area contributed by atoms with Gasteiger partial charge in [-0.2, -0.15) is 9.98 Å². The third-order valence-corrected chi connectivity index (χ3v) is 14.6. The van der Waals surface area contributed by atoms with Crippen LogP contribution in [-0.4, -0.2) is 50.3 Å². The molecule has 80 heavy (non-hydrogen) atoms. The molecule has 0 heterocycles. The first-order valence-corrected chi connectivity index (χ1v) is 30.6. The van der Waals surface area contributed by atoms with E-state index in [0.29, 0.717) is 75.4 Å². The molecule has 0 aromatic heterocycles. The number of hydrogen-bond donors (Lipinski definition) is 10. The van der Waals surface area contributed by atoms with Gasteiger partial charge in [0.15, 0.2) is 11.9 Å². The van der Waals surface area contributed by atoms with Gasteiger partial charge in [-0.05, 0) is 74.2 Å². The van der Waals surface area contributed by atoms with E-state index >= 15 is 0 Å². The summed E-state index contributed by atoms with van der Waals surface area (Å²) in [4.78, 5) is 16.1. The van der Waals surface area contributed by atoms with E-state index in [2.05, 4.69) is 73.4 Å². The maximum absolute atomic E-state index is 7.12. The minimum absolute atomic E-state index is 0.0505. The Bertz CT molecular complexity index is 2180. The molecule has 0 amide bonds. The van der Waals surface area contributed by atoms with E-state index in [-0.39, 0.29) is 11.9 Å². The number of fused-ring (bicyclic) bond motifs is 8. The number of benzene rings is 4. The van der Waals surface area contributed by atoms with Crippen LogP contribution in [0.2, 0.25) is 0 Å². The van der Waals surface area contributed by atoms with Crippen molar-refractivity contribution in [3.05, 3.63) is 93.0 Å². The molecule has 0 radical (unpaired) electrons. The van der Waals surface area contributed by atoms with Gasteiger partial charge in [-0.1, -0.05) is 156 Å². The van der Waals surface area contributed by atoms with Gasteiger partial charge < -0.3 is 41.9 Å². The maximum atomic E-state index is 7.12. The summed E-state index contributed by atoms with van der Waals surface area (Å²) in [5.74, 6) is 3.63. The van der Waals surface area contributed by atoms with E-state index in [0.717, 1.165) is 156 Å². The third kappa shape index (κ3) is 22.6. The highest BCUT2D eigenvalue weighted by molar-refractivity contribution is 5.80. The molecule has 1 aliphatic carbocycles. The van der Waals surface area contributed by atoms with Crippen molar-refractivity contribution in [1.29, 1.82) is 0 Å². The van der Waals surface area contributed by atoms with Crippen LogP contribution in [0.15, 0.2) is 58.5 Å². The highest BCUT2D eigenvalue weighted by atomic mass is 16.5. The van der Waals surface area contributed by atoms with Crippen LogP contribution in [0.1, 0.15) is 226 Å². The topological polar surface area (TPSA) is 301 Å². The molecule has 0 aliphatic heterocycles. The van der Waals surface area contributed by atoms with Crippen LogP contribution in [0.3, 0.4) is 0 Å². The summed E-state index contributed by atoms with van der Waals surface area (Å²) in [6.45, 7) is 11.1. The van der Waals surface area contributed by atoms with Gasteiger partial charge in [0.2, 0.25) is 0 Å². The summed E-state index contributed by atoms with van der Waals surface area (Å²) < 4.78 is 28.4. The van der Waals surface area contributed by atoms with Crippen LogP contribution in [0.4, 0.5) is 22.7 Å². The van der Waals surface area contributed by atoms with Gasteiger partial charge in [0.1, 0.15) is 34.4 Å². The van der Waals surface area contributed by atoms with Gasteiger partial charge in [0, 0.05) is 70.2 Å². The van der Waals surface area contributed by atoms with E-state index in [1.807, 2.05) is 24.3 Å². The second kappa shape index (κ2) is 36.0. The Labute approximate surface area is 479 Å². The monoisotopic (exact) mass is 1100 g/mol. The molecule has 440 valence electrons. The Balaban J connectivity index is 1.88. The Kier molecular flexibility index (Phi) is 28.9. The van der Waals surface area contributed by atoms with E-state index in [1.165, 1.54) is 77.0 Å². The standard InChI is InChI=1S/C64H100N12O4/c1-5-9-13-17-21-25-29-77-57-45-33-47-39-54(74-62(67)68)41-49(58(47)78-30-26-22-18-14-10-6-2)35-51-43-56(76-64(71)72)44-52(60(51)80-32-28-24-20-16-12-8-4)36-50-42-55(75-63(69)70)40-48(34-46(57)38-53(37-45)73-61(65)66)59(50)79-31-27-23-19-15-11-7-3/h37-44H,5-36H2,1-4H3,(H4,65,66,73)(H4,67,68,74)(H4,69,70,75)(H4,71,72,76)/p+4. The van der Waals surface area contributed by atoms with Crippen molar-refractivity contribution in [1.82, 2.24) is 0 Å². The molecular weight excluding hydrogens is 1000 g/mol. The molecule has 0 atom stereocenters. The van der Waals surface area contributed by atoms with Crippen molar-refractivity contribution in [2.24, 2.45) is 44.4 Å². The zero-order chi connectivity index (χ0) is 57.5. The molecule has 16 nitrogen and oxygen atoms in total. The Morgan fingerprint density at radius 1 is 0.350 bits per heavy atom. The predicted molar refractivity (Wildman–Crippen MR) is 329 cm³/mol. The number of aliphatic imine (C=N–C) groups is 2. The Morgan fingerprint density at radius 2 is 0.562 bits per heavy atom. The third-order valence-electron chi connectivity index (χ3n) is 14.6. The van der Waals surface area contributed by atoms with Gasteiger partial charge in [0.25, 0.3) is 0 Å². The number of quaternary nitrogens is 2. The van der Waals surface area contributed by atoms with Gasteiger partial charge in [-0.3, -0.25) is 11.5 Å². The average Bonchev–Trinajstić information content (AvgIpc) is 3.39. The van der Waals surface area contributed by atoms with Gasteiger partial charge >= 0.3 is 11.9 Å². The Morgan fingerprint density at radius 3 is 0.775 bits per heavy atom. The van der Waals surface area contributed by atoms with Crippen LogP contribution in [0.25, 0.3) is 0 Å². The lowest BCUT2D eigenvalue weighted by atomic mass is 9.90. The first-order valence-electron chi connectivity index (χ1n) is 30.6. The molecule has 0 fully saturated rings. The number of ether oxygens (including phenoxy) is 4. The fourth-order valence-electron chi connectivity index (χ4n) is 10.8. The summed E-state index contributed by atoms with van der Waals surface area (Å²) in [6, 6.07) is 16.6. The molecule has 5 rings (SSSR count). The van der Waals surface area contributed by atoms with Crippen molar-refractivity contribution in [2.45, 2.75) is 207 Å². The number of nitrogens with zero attached hydrogens (tertiary/aromatic N) is 2. The minimum Gasteiger partial charge on any atom is -0.493 e. The smallest absolute Gasteiger partial charge is 0.439 e. The lowest BCUT2D eigenvalue weighted by Gasteiger charge is -2.24. The number of nitrogens with one attached hydrogen (secondary N) is 2. The first kappa shape index (κ1) is 64.3. The Hall–Kier alpha value is -6.52. The molecular formula is C64H104N12O4+4. The van der Waals surface area contributed by atoms with Crippen LogP contribution >= 0.6 is 0 Å². The summed E-state index contributed by atoms with van der Waals surface area (Å²) in [5, 5.41) is 0. The quantitative estimate of drug-likeness (QED) is 0.0106. The molecule has 0 spiro atoms. The minimum atomic E-state index is -0.0505. The number of guanidine groups is 4. The largest absolute Gasteiger partial charge is 0.493 e. The molecule has 1 aliphatic rings. The molecule has 16 heteroatoms. The van der Waals surface area contributed by atoms with E-state index in [4.69, 9.17) is 63.3 Å². The summed E-state index contributed by atoms with van der Waals surface area (Å²) in [6.07, 6.45) is 28.6. The molecule has 0 saturated heterocycles. The summed E-state index contributed by atoms with van der Waals surface area (Å²) in [5.41, 5.74) is 55.8. The van der Waals surface area contributed by atoms with Crippen molar-refractivity contribution in [3.63, 3.8) is 0 Å². The highest BCUT2D eigenvalue weighted by Crippen LogP contribution is 2.43. The summed E-state index contributed by atoms with van der Waals surface area (Å²) in [7, 11) is 0. The predicted octanol–water partition coefficient (Wildman–Crippen LogP) is 7.67. The van der Waals surface area contributed by atoms with Crippen LogP contribution in [0, 0.1) is 0 Å². The first-order chi connectivity index (χ1) is 38.8. The van der Waals surface area contributed by atoms with Crippen LogP contribution in [-0.2, 0) is 25.7 Å². The lowest BCUT2D eigenvalue weighted by Crippen LogP contribution is -2.85. The SMILES string of the molecule is CCCCCCCCOc1c2cc(N=C(N)N)cc1Cc1cc([NH+]=C(N)[NH3+])cc(c1OCCCCCCCC)Cc1cc([NH+]=C(N)[NH3+])cc(c1OCCCCCCCC)Cc1cc(N=C(N)N)cc(c1OCCCCCCCC)C2. The number of unbranched alkanes of at least 4 members (excludes halogenated alkanes) is 20. The fraction of sp³-hybridized carbons (Fsp3) is 0.562. The summed E-state index contributed by atoms with van der Waals surface area (Å²) >= 11 is 0. The molecule has 4 aromatic carbocycles. The van der Waals surface area contributed by atoms with Crippen molar-refractivity contribution in [3.8, 4) is 23.0 Å². The fourth-order valence-corrected chi connectivity index (χ4v) is 10.8. The van der Waals surface area contributed by atoms with Crippen LogP contribution in [0.5, 0.6) is 23.0 Å². The highest BCUT2D eigenvalue weighted by Gasteiger charge is 2.26. The number of hydrogen-bond acceptors (Lipinski definition) is 6. The second-order valence-corrected chi connectivity index (χ2v) is 22.0. The zero-order valence-electron chi connectivity index (χ0n) is 49.7. The van der Waals surface area contributed by atoms with E-state index < -0.39 is 0 Å². The van der Waals surface area contributed by atoms with Crippen molar-refractivity contribution in [2.75, 3.05) is 26.4 Å². The van der Waals surface area contributed by atoms with E-state index in [1.54, 1.807) is 0 Å². The van der Waals surface area contributed by atoms with Gasteiger partial charge in [-0.15, -0.1) is 0 Å². The maximum Gasteiger partial charge on any atom is 0.439 e. The molecule has 20 N–H and O–H groups in total. The van der Waals surface area contributed by atoms with Gasteiger partial charge in [-0.25, -0.2) is 21.5 Å².